The van der Waals surface area contributed by atoms with E-state index in [1.165, 1.54) is 6.07 Å². The molecule has 0 saturated heterocycles. The van der Waals surface area contributed by atoms with Crippen molar-refractivity contribution in [3.8, 4) is 5.75 Å². The minimum atomic E-state index is -0.263. The van der Waals surface area contributed by atoms with Crippen LogP contribution in [0.25, 0.3) is 0 Å². The Morgan fingerprint density at radius 2 is 2.14 bits per heavy atom. The first-order valence-corrected chi connectivity index (χ1v) is 4.55. The zero-order valence-electron chi connectivity index (χ0n) is 6.93. The van der Waals surface area contributed by atoms with Crippen LogP contribution >= 0.6 is 23.2 Å². The summed E-state index contributed by atoms with van der Waals surface area (Å²) in [5.41, 5.74) is 6.31. The number of nitrogens with two attached hydrogens (primary N) is 1. The molecule has 3 N–H and O–H groups in total. The Kier molecular flexibility index (Phi) is 2.17. The molecule has 0 radical (unpaired) electrons. The van der Waals surface area contributed by atoms with E-state index in [4.69, 9.17) is 33.7 Å². The Morgan fingerprint density at radius 1 is 1.43 bits per heavy atom. The van der Waals surface area contributed by atoms with Gasteiger partial charge in [-0.1, -0.05) is 23.2 Å². The van der Waals surface area contributed by atoms with Crippen LogP contribution in [0.3, 0.4) is 0 Å². The number of rotatable bonds is 0. The zero-order chi connectivity index (χ0) is 10.3. The van der Waals surface area contributed by atoms with E-state index in [9.17, 15) is 4.79 Å². The third-order valence-electron chi connectivity index (χ3n) is 1.83. The highest BCUT2D eigenvalue weighted by atomic mass is 35.5. The van der Waals surface area contributed by atoms with Crippen LogP contribution in [-0.2, 0) is 4.79 Å². The molecular formula is C8H6Cl2N2O2. The van der Waals surface area contributed by atoms with E-state index >= 15 is 0 Å². The second-order valence-electron chi connectivity index (χ2n) is 2.79. The van der Waals surface area contributed by atoms with Gasteiger partial charge in [0.2, 0.25) is 0 Å². The van der Waals surface area contributed by atoms with Crippen LogP contribution in [0.15, 0.2) is 6.07 Å². The maximum Gasteiger partial charge on any atom is 0.262 e. The highest BCUT2D eigenvalue weighted by Crippen LogP contribution is 2.43. The van der Waals surface area contributed by atoms with Gasteiger partial charge in [0.25, 0.3) is 5.91 Å². The smallest absolute Gasteiger partial charge is 0.262 e. The van der Waals surface area contributed by atoms with Crippen molar-refractivity contribution in [3.63, 3.8) is 0 Å². The molecule has 1 heterocycles. The number of anilines is 2. The van der Waals surface area contributed by atoms with E-state index in [1.807, 2.05) is 0 Å². The summed E-state index contributed by atoms with van der Waals surface area (Å²) in [6.07, 6.45) is 0. The Balaban J connectivity index is 2.62. The third-order valence-corrected chi connectivity index (χ3v) is 2.44. The maximum absolute atomic E-state index is 11.0. The number of carbonyl (C=O) groups excluding carboxylic acids is 1. The second kappa shape index (κ2) is 3.22. The molecule has 0 bridgehead atoms. The average molecular weight is 233 g/mol. The normalized spacial score (nSPS) is 14.3. The minimum absolute atomic E-state index is 0.0755. The number of benzene rings is 1. The lowest BCUT2D eigenvalue weighted by molar-refractivity contribution is -0.118. The van der Waals surface area contributed by atoms with Gasteiger partial charge in [0, 0.05) is 0 Å². The maximum atomic E-state index is 11.0. The van der Waals surface area contributed by atoms with Gasteiger partial charge in [-0.15, -0.1) is 0 Å². The van der Waals surface area contributed by atoms with Gasteiger partial charge in [0.15, 0.2) is 12.4 Å². The third kappa shape index (κ3) is 1.36. The van der Waals surface area contributed by atoms with Crippen LogP contribution in [0.2, 0.25) is 10.0 Å². The van der Waals surface area contributed by atoms with E-state index in [1.54, 1.807) is 0 Å². The van der Waals surface area contributed by atoms with Crippen molar-refractivity contribution in [2.45, 2.75) is 0 Å². The quantitative estimate of drug-likeness (QED) is 0.672. The topological polar surface area (TPSA) is 64.3 Å². The summed E-state index contributed by atoms with van der Waals surface area (Å²) in [6.45, 7) is -0.0755. The number of hydrogen-bond acceptors (Lipinski definition) is 3. The van der Waals surface area contributed by atoms with Crippen molar-refractivity contribution in [2.24, 2.45) is 0 Å². The number of hydrogen-bond donors (Lipinski definition) is 2. The SMILES string of the molecule is Nc1c(Cl)cc(Cl)c2c1OCC(=O)N2. The molecule has 0 aromatic heterocycles. The van der Waals surface area contributed by atoms with Gasteiger partial charge in [-0.2, -0.15) is 0 Å². The summed E-state index contributed by atoms with van der Waals surface area (Å²) in [4.78, 5) is 11.0. The van der Waals surface area contributed by atoms with Gasteiger partial charge in [0.05, 0.1) is 15.7 Å². The zero-order valence-corrected chi connectivity index (χ0v) is 8.45. The molecule has 0 saturated carbocycles. The molecule has 1 aliphatic heterocycles. The Bertz CT molecular complexity index is 420. The molecule has 1 aliphatic rings. The van der Waals surface area contributed by atoms with Crippen LogP contribution in [0.1, 0.15) is 0 Å². The molecule has 2 rings (SSSR count). The summed E-state index contributed by atoms with van der Waals surface area (Å²) in [6, 6.07) is 1.46. The molecule has 1 aromatic carbocycles. The molecule has 1 aromatic rings. The van der Waals surface area contributed by atoms with Gasteiger partial charge in [-0.3, -0.25) is 4.79 Å². The highest BCUT2D eigenvalue weighted by Gasteiger charge is 2.22. The first-order valence-electron chi connectivity index (χ1n) is 3.79. The van der Waals surface area contributed by atoms with Crippen molar-refractivity contribution in [2.75, 3.05) is 17.7 Å². The van der Waals surface area contributed by atoms with Gasteiger partial charge >= 0.3 is 0 Å². The number of ether oxygens (including phenoxy) is 1. The number of halogens is 2. The Labute approximate surface area is 89.9 Å². The lowest BCUT2D eigenvalue weighted by Crippen LogP contribution is -2.26. The fourth-order valence-corrected chi connectivity index (χ4v) is 1.69. The van der Waals surface area contributed by atoms with Crippen molar-refractivity contribution in [1.29, 1.82) is 0 Å². The number of nitrogens with one attached hydrogen (secondary N) is 1. The van der Waals surface area contributed by atoms with Gasteiger partial charge in [0.1, 0.15) is 5.69 Å². The molecule has 0 unspecified atom stereocenters. The first-order chi connectivity index (χ1) is 6.59. The Hall–Kier alpha value is -1.13. The lowest BCUT2D eigenvalue weighted by Gasteiger charge is -2.20. The standard InChI is InChI=1S/C8H6Cl2N2O2/c9-3-1-4(10)7-8(6(3)11)14-2-5(13)12-7/h1H,2,11H2,(H,12,13). The van der Waals surface area contributed by atoms with Gasteiger partial charge < -0.3 is 15.8 Å². The molecule has 4 nitrogen and oxygen atoms in total. The summed E-state index contributed by atoms with van der Waals surface area (Å²) < 4.78 is 5.12. The average Bonchev–Trinajstić information content (AvgIpc) is 2.14. The molecule has 0 fully saturated rings. The second-order valence-corrected chi connectivity index (χ2v) is 3.61. The van der Waals surface area contributed by atoms with E-state index in [-0.39, 0.29) is 18.2 Å². The summed E-state index contributed by atoms with van der Waals surface area (Å²) in [5.74, 6) is 0.0724. The highest BCUT2D eigenvalue weighted by molar-refractivity contribution is 6.39. The van der Waals surface area contributed by atoms with E-state index in [2.05, 4.69) is 5.32 Å². The van der Waals surface area contributed by atoms with Gasteiger partial charge in [-0.25, -0.2) is 0 Å². The fraction of sp³-hybridized carbons (Fsp3) is 0.125. The largest absolute Gasteiger partial charge is 0.479 e. The molecule has 6 heteroatoms. The van der Waals surface area contributed by atoms with Crippen LogP contribution in [0.4, 0.5) is 11.4 Å². The monoisotopic (exact) mass is 232 g/mol. The summed E-state index contributed by atoms with van der Waals surface area (Å²) >= 11 is 11.6. The van der Waals surface area contributed by atoms with E-state index in [0.29, 0.717) is 21.5 Å². The molecular weight excluding hydrogens is 227 g/mol. The molecule has 1 amide bonds. The van der Waals surface area contributed by atoms with Crippen molar-refractivity contribution in [1.82, 2.24) is 0 Å². The van der Waals surface area contributed by atoms with E-state index in [0.717, 1.165) is 0 Å². The first kappa shape index (κ1) is 9.43. The van der Waals surface area contributed by atoms with Crippen molar-refractivity contribution in [3.05, 3.63) is 16.1 Å². The molecule has 74 valence electrons. The molecule has 14 heavy (non-hydrogen) atoms. The van der Waals surface area contributed by atoms with Gasteiger partial charge in [-0.05, 0) is 6.07 Å². The molecule has 0 spiro atoms. The number of carbonyl (C=O) groups is 1. The minimum Gasteiger partial charge on any atom is -0.479 e. The van der Waals surface area contributed by atoms with Crippen molar-refractivity contribution >= 4 is 40.5 Å². The number of amides is 1. The van der Waals surface area contributed by atoms with Crippen LogP contribution in [0.5, 0.6) is 5.75 Å². The van der Waals surface area contributed by atoms with Crippen LogP contribution in [0, 0.1) is 0 Å². The Morgan fingerprint density at radius 3 is 2.86 bits per heavy atom. The summed E-state index contributed by atoms with van der Waals surface area (Å²) in [5, 5.41) is 3.18. The van der Waals surface area contributed by atoms with Crippen molar-refractivity contribution < 1.29 is 9.53 Å². The predicted octanol–water partition coefficient (Wildman–Crippen LogP) is 1.91. The number of fused-ring (bicyclic) bond motifs is 1. The summed E-state index contributed by atoms with van der Waals surface area (Å²) in [7, 11) is 0. The molecule has 0 atom stereocenters. The van der Waals surface area contributed by atoms with Crippen LogP contribution in [-0.4, -0.2) is 12.5 Å². The lowest BCUT2D eigenvalue weighted by atomic mass is 10.2. The number of nitrogen functional groups attached to an aromatic ring is 1. The molecule has 0 aliphatic carbocycles. The van der Waals surface area contributed by atoms with Crippen LogP contribution < -0.4 is 15.8 Å². The predicted molar refractivity (Wildman–Crippen MR) is 55.0 cm³/mol. The van der Waals surface area contributed by atoms with E-state index < -0.39 is 0 Å². The fourth-order valence-electron chi connectivity index (χ4n) is 1.19.